The Hall–Kier alpha value is -2.43. The van der Waals surface area contributed by atoms with Crippen LogP contribution in [-0.2, 0) is 0 Å². The first-order chi connectivity index (χ1) is 12.3. The summed E-state index contributed by atoms with van der Waals surface area (Å²) in [5, 5.41) is 3.15. The van der Waals surface area contributed by atoms with Crippen LogP contribution >= 0.6 is 0 Å². The van der Waals surface area contributed by atoms with Gasteiger partial charge in [-0.2, -0.15) is 0 Å². The molecule has 2 saturated carbocycles. The second-order valence-corrected chi connectivity index (χ2v) is 8.49. The lowest BCUT2D eigenvalue weighted by atomic mass is 9.69. The molecule has 2 aliphatic carbocycles. The predicted octanol–water partition coefficient (Wildman–Crippen LogP) is 3.38. The smallest absolute Gasteiger partial charge is 0.261 e. The van der Waals surface area contributed by atoms with Crippen LogP contribution in [0.1, 0.15) is 50.4 Å². The average molecular weight is 351 g/mol. The molecule has 2 N–H and O–H groups in total. The normalized spacial score (nSPS) is 28.9. The second kappa shape index (κ2) is 5.79. The van der Waals surface area contributed by atoms with Crippen LogP contribution in [0.25, 0.3) is 11.3 Å². The van der Waals surface area contributed by atoms with Crippen molar-refractivity contribution in [1.29, 1.82) is 0 Å². The summed E-state index contributed by atoms with van der Waals surface area (Å²) in [7, 11) is 0. The number of H-pyrrole nitrogens is 1. The Morgan fingerprint density at radius 1 is 1.19 bits per heavy atom. The van der Waals surface area contributed by atoms with E-state index >= 15 is 0 Å². The van der Waals surface area contributed by atoms with Gasteiger partial charge in [-0.25, -0.2) is 0 Å². The van der Waals surface area contributed by atoms with E-state index in [9.17, 15) is 9.59 Å². The van der Waals surface area contributed by atoms with Gasteiger partial charge in [0.15, 0.2) is 0 Å². The van der Waals surface area contributed by atoms with Crippen molar-refractivity contribution in [2.45, 2.75) is 46.1 Å². The highest BCUT2D eigenvalue weighted by molar-refractivity contribution is 5.94. The topological polar surface area (TPSA) is 74.8 Å². The van der Waals surface area contributed by atoms with Gasteiger partial charge >= 0.3 is 0 Å². The number of nitrogens with zero attached hydrogens (tertiary/aromatic N) is 1. The summed E-state index contributed by atoms with van der Waals surface area (Å²) >= 11 is 0. The van der Waals surface area contributed by atoms with Crippen LogP contribution in [0.5, 0.6) is 0 Å². The van der Waals surface area contributed by atoms with Crippen molar-refractivity contribution in [1.82, 2.24) is 15.3 Å². The SMILES string of the molecule is CC1(C)[C@H]2CC[C@@]1(C)[C@@H](NC(=O)c1ccc(-c3ccncc3)[nH]c1=O)C2. The van der Waals surface area contributed by atoms with E-state index in [1.807, 2.05) is 12.1 Å². The molecule has 0 unspecified atom stereocenters. The third kappa shape index (κ3) is 2.41. The minimum atomic E-state index is -0.357. The van der Waals surface area contributed by atoms with Gasteiger partial charge in [0.05, 0.1) is 0 Å². The van der Waals surface area contributed by atoms with Crippen LogP contribution < -0.4 is 10.9 Å². The molecule has 5 nitrogen and oxygen atoms in total. The molecular formula is C21H25N3O2. The molecule has 2 aromatic heterocycles. The number of rotatable bonds is 3. The van der Waals surface area contributed by atoms with Crippen LogP contribution in [0.4, 0.5) is 0 Å². The molecule has 2 aromatic rings. The van der Waals surface area contributed by atoms with Crippen LogP contribution in [0.3, 0.4) is 0 Å². The molecule has 4 rings (SSSR count). The first-order valence-corrected chi connectivity index (χ1v) is 9.27. The van der Waals surface area contributed by atoms with Crippen LogP contribution in [0, 0.1) is 16.7 Å². The molecule has 0 aromatic carbocycles. The third-order valence-electron chi connectivity index (χ3n) is 7.24. The maximum absolute atomic E-state index is 12.8. The Kier molecular flexibility index (Phi) is 3.79. The van der Waals surface area contributed by atoms with E-state index in [4.69, 9.17) is 0 Å². The largest absolute Gasteiger partial charge is 0.349 e. The zero-order chi connectivity index (χ0) is 18.5. The molecule has 0 radical (unpaired) electrons. The maximum Gasteiger partial charge on any atom is 0.261 e. The monoisotopic (exact) mass is 351 g/mol. The number of fused-ring (bicyclic) bond motifs is 2. The number of hydrogen-bond acceptors (Lipinski definition) is 3. The molecular weight excluding hydrogens is 326 g/mol. The number of aromatic amines is 1. The highest BCUT2D eigenvalue weighted by atomic mass is 16.2. The molecule has 5 heteroatoms. The molecule has 2 aliphatic rings. The van der Waals surface area contributed by atoms with Gasteiger partial charge in [-0.3, -0.25) is 14.6 Å². The Morgan fingerprint density at radius 2 is 1.92 bits per heavy atom. The van der Waals surface area contributed by atoms with Gasteiger partial charge in [-0.1, -0.05) is 20.8 Å². The van der Waals surface area contributed by atoms with E-state index in [0.717, 1.165) is 18.4 Å². The Balaban J connectivity index is 1.56. The molecule has 0 saturated heterocycles. The molecule has 2 heterocycles. The van der Waals surface area contributed by atoms with Crippen molar-refractivity contribution in [3.8, 4) is 11.3 Å². The molecule has 136 valence electrons. The van der Waals surface area contributed by atoms with Crippen molar-refractivity contribution >= 4 is 5.91 Å². The first-order valence-electron chi connectivity index (χ1n) is 9.27. The van der Waals surface area contributed by atoms with Crippen LogP contribution in [0.15, 0.2) is 41.5 Å². The highest BCUT2D eigenvalue weighted by Gasteiger charge is 2.61. The minimum Gasteiger partial charge on any atom is -0.349 e. The number of aromatic nitrogens is 2. The number of hydrogen-bond donors (Lipinski definition) is 2. The molecule has 2 bridgehead atoms. The summed E-state index contributed by atoms with van der Waals surface area (Å²) in [6.45, 7) is 6.90. The third-order valence-corrected chi connectivity index (χ3v) is 7.24. The molecule has 26 heavy (non-hydrogen) atoms. The van der Waals surface area contributed by atoms with E-state index < -0.39 is 0 Å². The zero-order valence-corrected chi connectivity index (χ0v) is 15.5. The van der Waals surface area contributed by atoms with E-state index in [1.165, 1.54) is 6.42 Å². The standard InChI is InChI=1S/C21H25N3O2/c1-20(2)14-6-9-21(20,3)17(12-14)24-19(26)15-4-5-16(23-18(15)25)13-7-10-22-11-8-13/h4-5,7-8,10-11,14,17H,6,9,12H2,1-3H3,(H,23,25)(H,24,26)/t14-,17-,21-/m0/s1. The quantitative estimate of drug-likeness (QED) is 0.890. The van der Waals surface area contributed by atoms with E-state index in [0.29, 0.717) is 11.6 Å². The zero-order valence-electron chi connectivity index (χ0n) is 15.5. The van der Waals surface area contributed by atoms with Crippen molar-refractivity contribution in [2.24, 2.45) is 16.7 Å². The first kappa shape index (κ1) is 17.0. The van der Waals surface area contributed by atoms with E-state index in [2.05, 4.69) is 36.1 Å². The Bertz CT molecular complexity index is 903. The number of pyridine rings is 2. The number of nitrogens with one attached hydrogen (secondary N) is 2. The Morgan fingerprint density at radius 3 is 2.50 bits per heavy atom. The summed E-state index contributed by atoms with van der Waals surface area (Å²) < 4.78 is 0. The van der Waals surface area contributed by atoms with Crippen molar-refractivity contribution in [3.63, 3.8) is 0 Å². The summed E-state index contributed by atoms with van der Waals surface area (Å²) in [6, 6.07) is 7.16. The van der Waals surface area contributed by atoms with Gasteiger partial charge < -0.3 is 10.3 Å². The van der Waals surface area contributed by atoms with Gasteiger partial charge in [-0.15, -0.1) is 0 Å². The molecule has 0 aliphatic heterocycles. The molecule has 0 spiro atoms. The van der Waals surface area contributed by atoms with E-state index in [-0.39, 0.29) is 33.9 Å². The fourth-order valence-corrected chi connectivity index (χ4v) is 5.01. The van der Waals surface area contributed by atoms with Crippen molar-refractivity contribution < 1.29 is 4.79 Å². The van der Waals surface area contributed by atoms with Gasteiger partial charge in [0.1, 0.15) is 5.56 Å². The average Bonchev–Trinajstić information content (AvgIpc) is 2.95. The minimum absolute atomic E-state index is 0.0943. The molecule has 3 atom stereocenters. The van der Waals surface area contributed by atoms with Crippen LogP contribution in [-0.4, -0.2) is 21.9 Å². The van der Waals surface area contributed by atoms with Crippen molar-refractivity contribution in [3.05, 3.63) is 52.6 Å². The van der Waals surface area contributed by atoms with Gasteiger partial charge in [0, 0.05) is 29.7 Å². The van der Waals surface area contributed by atoms with Gasteiger partial charge in [0.25, 0.3) is 11.5 Å². The van der Waals surface area contributed by atoms with Crippen LogP contribution in [0.2, 0.25) is 0 Å². The highest BCUT2D eigenvalue weighted by Crippen LogP contribution is 2.65. The lowest BCUT2D eigenvalue weighted by Crippen LogP contribution is -2.47. The lowest BCUT2D eigenvalue weighted by Gasteiger charge is -2.39. The second-order valence-electron chi connectivity index (χ2n) is 8.49. The summed E-state index contributed by atoms with van der Waals surface area (Å²) in [4.78, 5) is 32.0. The fourth-order valence-electron chi connectivity index (χ4n) is 5.01. The molecule has 1 amide bonds. The van der Waals surface area contributed by atoms with E-state index in [1.54, 1.807) is 24.5 Å². The van der Waals surface area contributed by atoms with Gasteiger partial charge in [0.2, 0.25) is 0 Å². The number of carbonyl (C=O) groups is 1. The van der Waals surface area contributed by atoms with Crippen molar-refractivity contribution in [2.75, 3.05) is 0 Å². The maximum atomic E-state index is 12.8. The number of amides is 1. The predicted molar refractivity (Wildman–Crippen MR) is 101 cm³/mol. The lowest BCUT2D eigenvalue weighted by molar-refractivity contribution is 0.0825. The summed E-state index contributed by atoms with van der Waals surface area (Å²) in [5.74, 6) is 0.368. The molecule has 2 fully saturated rings. The fraction of sp³-hybridized carbons (Fsp3) is 0.476. The summed E-state index contributed by atoms with van der Waals surface area (Å²) in [6.07, 6.45) is 6.71. The number of carbonyl (C=O) groups excluding carboxylic acids is 1. The Labute approximate surface area is 153 Å². The summed E-state index contributed by atoms with van der Waals surface area (Å²) in [5.41, 5.74) is 1.68. The van der Waals surface area contributed by atoms with Gasteiger partial charge in [-0.05, 0) is 60.3 Å².